The zero-order valence-electron chi connectivity index (χ0n) is 14.1. The Morgan fingerprint density at radius 1 is 1.39 bits per heavy atom. The van der Waals surface area contributed by atoms with Crippen LogP contribution in [0.15, 0.2) is 0 Å². The van der Waals surface area contributed by atoms with Gasteiger partial charge in [0.1, 0.15) is 5.01 Å². The van der Waals surface area contributed by atoms with Gasteiger partial charge in [0.25, 0.3) is 5.91 Å². The number of rotatable bonds is 6. The lowest BCUT2D eigenvalue weighted by atomic mass is 9.83. The number of piperidine rings is 1. The number of thiazole rings is 1. The van der Waals surface area contributed by atoms with E-state index in [2.05, 4.69) is 17.2 Å². The third-order valence-electron chi connectivity index (χ3n) is 5.17. The lowest BCUT2D eigenvalue weighted by Crippen LogP contribution is -2.58. The van der Waals surface area contributed by atoms with Crippen LogP contribution in [0.2, 0.25) is 0 Å². The number of nitrogens with one attached hydrogen (secondary N) is 1. The molecule has 5 nitrogen and oxygen atoms in total. The molecule has 2 fully saturated rings. The largest absolute Gasteiger partial charge is 0.379 e. The van der Waals surface area contributed by atoms with E-state index in [1.165, 1.54) is 24.1 Å². The summed E-state index contributed by atoms with van der Waals surface area (Å²) in [6.07, 6.45) is 5.17. The van der Waals surface area contributed by atoms with Gasteiger partial charge in [0.15, 0.2) is 5.60 Å². The SMILES string of the molecule is Cc1nc(CNC[C@]2(O)CCCN(CC3CCC3)C2=O)sc1C. The quantitative estimate of drug-likeness (QED) is 0.833. The van der Waals surface area contributed by atoms with Gasteiger partial charge in [-0.3, -0.25) is 4.79 Å². The zero-order chi connectivity index (χ0) is 16.4. The van der Waals surface area contributed by atoms with Crippen LogP contribution >= 0.6 is 11.3 Å². The summed E-state index contributed by atoms with van der Waals surface area (Å²) < 4.78 is 0. The van der Waals surface area contributed by atoms with Crippen molar-refractivity contribution in [3.8, 4) is 0 Å². The predicted octanol–water partition coefficient (Wildman–Crippen LogP) is 2.00. The fraction of sp³-hybridized carbons (Fsp3) is 0.765. The molecule has 128 valence electrons. The highest BCUT2D eigenvalue weighted by atomic mass is 32.1. The van der Waals surface area contributed by atoms with Crippen molar-refractivity contribution in [2.75, 3.05) is 19.6 Å². The number of aromatic nitrogens is 1. The average Bonchev–Trinajstić information content (AvgIpc) is 2.77. The number of aryl methyl sites for hydroxylation is 2. The van der Waals surface area contributed by atoms with Crippen LogP contribution in [0, 0.1) is 19.8 Å². The highest BCUT2D eigenvalue weighted by molar-refractivity contribution is 7.11. The average molecular weight is 337 g/mol. The van der Waals surface area contributed by atoms with E-state index < -0.39 is 5.60 Å². The zero-order valence-corrected chi connectivity index (χ0v) is 14.9. The summed E-state index contributed by atoms with van der Waals surface area (Å²) in [5.41, 5.74) is -0.186. The molecule has 0 bridgehead atoms. The predicted molar refractivity (Wildman–Crippen MR) is 91.4 cm³/mol. The molecule has 23 heavy (non-hydrogen) atoms. The molecule has 1 aliphatic heterocycles. The summed E-state index contributed by atoms with van der Waals surface area (Å²) in [6, 6.07) is 0. The number of likely N-dealkylation sites (tertiary alicyclic amines) is 1. The Bertz CT molecular complexity index is 551. The van der Waals surface area contributed by atoms with Gasteiger partial charge in [-0.05, 0) is 45.4 Å². The Morgan fingerprint density at radius 3 is 2.78 bits per heavy atom. The molecule has 1 aromatic heterocycles. The van der Waals surface area contributed by atoms with Crippen molar-refractivity contribution >= 4 is 17.2 Å². The second kappa shape index (κ2) is 6.87. The van der Waals surface area contributed by atoms with Crippen LogP contribution < -0.4 is 5.32 Å². The van der Waals surface area contributed by atoms with Crippen molar-refractivity contribution < 1.29 is 9.90 Å². The molecule has 2 heterocycles. The maximum atomic E-state index is 12.6. The van der Waals surface area contributed by atoms with E-state index in [1.54, 1.807) is 11.3 Å². The van der Waals surface area contributed by atoms with Gasteiger partial charge in [0.2, 0.25) is 0 Å². The first-order valence-electron chi connectivity index (χ1n) is 8.63. The molecule has 0 spiro atoms. The second-order valence-corrected chi connectivity index (χ2v) is 8.32. The number of hydrogen-bond donors (Lipinski definition) is 2. The minimum Gasteiger partial charge on any atom is -0.379 e. The summed E-state index contributed by atoms with van der Waals surface area (Å²) in [5.74, 6) is 0.560. The number of carbonyl (C=O) groups excluding carboxylic acids is 1. The number of hydrogen-bond acceptors (Lipinski definition) is 5. The van der Waals surface area contributed by atoms with Crippen LogP contribution in [-0.2, 0) is 11.3 Å². The van der Waals surface area contributed by atoms with Crippen LogP contribution in [0.5, 0.6) is 0 Å². The molecule has 3 rings (SSSR count). The molecule has 0 aromatic carbocycles. The van der Waals surface area contributed by atoms with Gasteiger partial charge in [-0.15, -0.1) is 11.3 Å². The van der Waals surface area contributed by atoms with E-state index in [9.17, 15) is 9.90 Å². The number of aliphatic hydroxyl groups is 1. The monoisotopic (exact) mass is 337 g/mol. The van der Waals surface area contributed by atoms with E-state index in [1.807, 2.05) is 11.8 Å². The Morgan fingerprint density at radius 2 is 2.17 bits per heavy atom. The molecule has 1 saturated heterocycles. The molecule has 2 N–H and O–H groups in total. The lowest BCUT2D eigenvalue weighted by Gasteiger charge is -2.41. The third-order valence-corrected chi connectivity index (χ3v) is 6.25. The van der Waals surface area contributed by atoms with Crippen LogP contribution in [-0.4, -0.2) is 46.1 Å². The molecular weight excluding hydrogens is 310 g/mol. The van der Waals surface area contributed by atoms with Gasteiger partial charge in [0.05, 0.1) is 5.69 Å². The molecule has 0 radical (unpaired) electrons. The lowest BCUT2D eigenvalue weighted by molar-refractivity contribution is -0.157. The Balaban J connectivity index is 1.53. The first kappa shape index (κ1) is 16.9. The van der Waals surface area contributed by atoms with Crippen molar-refractivity contribution in [3.63, 3.8) is 0 Å². The first-order valence-corrected chi connectivity index (χ1v) is 9.45. The van der Waals surface area contributed by atoms with Gasteiger partial charge in [-0.2, -0.15) is 0 Å². The minimum absolute atomic E-state index is 0.0883. The van der Waals surface area contributed by atoms with Gasteiger partial charge in [-0.25, -0.2) is 4.98 Å². The molecule has 1 atom stereocenters. The summed E-state index contributed by atoms with van der Waals surface area (Å²) in [5, 5.41) is 15.0. The van der Waals surface area contributed by atoms with Crippen molar-refractivity contribution in [1.29, 1.82) is 0 Å². The normalized spacial score (nSPS) is 25.7. The summed E-state index contributed by atoms with van der Waals surface area (Å²) in [7, 11) is 0. The number of nitrogens with zero attached hydrogens (tertiary/aromatic N) is 2. The maximum absolute atomic E-state index is 12.6. The molecule has 6 heteroatoms. The van der Waals surface area contributed by atoms with Crippen LogP contribution in [0.4, 0.5) is 0 Å². The first-order chi connectivity index (χ1) is 11.0. The van der Waals surface area contributed by atoms with Crippen molar-refractivity contribution in [2.24, 2.45) is 5.92 Å². The van der Waals surface area contributed by atoms with E-state index in [4.69, 9.17) is 0 Å². The van der Waals surface area contributed by atoms with Crippen LogP contribution in [0.25, 0.3) is 0 Å². The molecular formula is C17H27N3O2S. The van der Waals surface area contributed by atoms with Crippen LogP contribution in [0.1, 0.15) is 47.7 Å². The second-order valence-electron chi connectivity index (χ2n) is 7.04. The number of carbonyl (C=O) groups is 1. The Labute approximate surface area is 142 Å². The highest BCUT2D eigenvalue weighted by Crippen LogP contribution is 2.30. The van der Waals surface area contributed by atoms with Gasteiger partial charge >= 0.3 is 0 Å². The van der Waals surface area contributed by atoms with Gasteiger partial charge in [0, 0.05) is 31.1 Å². The molecule has 1 aliphatic carbocycles. The van der Waals surface area contributed by atoms with Gasteiger partial charge < -0.3 is 15.3 Å². The number of amides is 1. The van der Waals surface area contributed by atoms with Crippen molar-refractivity contribution in [2.45, 2.75) is 58.1 Å². The minimum atomic E-state index is -1.25. The smallest absolute Gasteiger partial charge is 0.255 e. The van der Waals surface area contributed by atoms with E-state index in [0.29, 0.717) is 25.4 Å². The molecule has 2 aliphatic rings. The summed E-state index contributed by atoms with van der Waals surface area (Å²) in [4.78, 5) is 20.2. The van der Waals surface area contributed by atoms with E-state index >= 15 is 0 Å². The van der Waals surface area contributed by atoms with Crippen molar-refractivity contribution in [1.82, 2.24) is 15.2 Å². The summed E-state index contributed by atoms with van der Waals surface area (Å²) >= 11 is 1.67. The molecule has 0 unspecified atom stereocenters. The summed E-state index contributed by atoms with van der Waals surface area (Å²) in [6.45, 7) is 6.61. The standard InChI is InChI=1S/C17H27N3O2S/c1-12-13(2)23-15(19-12)9-18-11-17(22)7-4-8-20(16(17)21)10-14-5-3-6-14/h14,18,22H,3-11H2,1-2H3/t17-/m1/s1. The Kier molecular flexibility index (Phi) is 5.04. The molecule has 1 amide bonds. The maximum Gasteiger partial charge on any atom is 0.255 e. The topological polar surface area (TPSA) is 65.5 Å². The highest BCUT2D eigenvalue weighted by Gasteiger charge is 2.42. The van der Waals surface area contributed by atoms with E-state index in [0.717, 1.165) is 30.2 Å². The molecule has 1 aromatic rings. The fourth-order valence-electron chi connectivity index (χ4n) is 3.38. The fourth-order valence-corrected chi connectivity index (χ4v) is 4.28. The Hall–Kier alpha value is -0.980. The molecule has 1 saturated carbocycles. The van der Waals surface area contributed by atoms with Crippen molar-refractivity contribution in [3.05, 3.63) is 15.6 Å². The van der Waals surface area contributed by atoms with Gasteiger partial charge in [-0.1, -0.05) is 6.42 Å². The van der Waals surface area contributed by atoms with E-state index in [-0.39, 0.29) is 5.91 Å². The third kappa shape index (κ3) is 3.75. The van der Waals surface area contributed by atoms with Crippen LogP contribution in [0.3, 0.4) is 0 Å².